The van der Waals surface area contributed by atoms with E-state index in [4.69, 9.17) is 0 Å². The van der Waals surface area contributed by atoms with Crippen LogP contribution in [0.1, 0.15) is 5.56 Å². The number of quaternary nitrogens is 1. The summed E-state index contributed by atoms with van der Waals surface area (Å²) in [5.74, 6) is -0.508. The van der Waals surface area contributed by atoms with Gasteiger partial charge in [0.1, 0.15) is 6.54 Å². The summed E-state index contributed by atoms with van der Waals surface area (Å²) in [7, 11) is 3.69. The summed E-state index contributed by atoms with van der Waals surface area (Å²) in [4.78, 5) is 23.2. The quantitative estimate of drug-likeness (QED) is 0.577. The van der Waals surface area contributed by atoms with Crippen LogP contribution in [0.5, 0.6) is 0 Å². The highest BCUT2D eigenvalue weighted by Gasteiger charge is 2.38. The molecule has 0 saturated carbocycles. The first-order chi connectivity index (χ1) is 8.00. The lowest BCUT2D eigenvalue weighted by Gasteiger charge is -2.35. The molecule has 0 fully saturated rings. The molecule has 1 aromatic rings. The maximum absolute atomic E-state index is 11.6. The molecule has 1 aliphatic heterocycles. The largest absolute Gasteiger partial charge is 0.300 e. The van der Waals surface area contributed by atoms with Gasteiger partial charge in [-0.25, -0.2) is 4.59 Å². The number of carbonyl (C=O) groups excluding carboxylic acids is 2. The van der Waals surface area contributed by atoms with E-state index in [0.29, 0.717) is 6.54 Å². The van der Waals surface area contributed by atoms with Crippen molar-refractivity contribution in [1.82, 2.24) is 5.01 Å². The van der Waals surface area contributed by atoms with Gasteiger partial charge in [0.05, 0.1) is 14.1 Å². The summed E-state index contributed by atoms with van der Waals surface area (Å²) in [6.45, 7) is 0.597. The van der Waals surface area contributed by atoms with Gasteiger partial charge in [0.25, 0.3) is 11.8 Å². The third kappa shape index (κ3) is 2.26. The van der Waals surface area contributed by atoms with Gasteiger partial charge in [-0.2, -0.15) is 0 Å². The fourth-order valence-corrected chi connectivity index (χ4v) is 2.03. The molecule has 0 aromatic heterocycles. The Bertz CT molecular complexity index is 459. The average Bonchev–Trinajstić information content (AvgIpc) is 2.59. The molecule has 0 spiro atoms. The maximum Gasteiger partial charge on any atom is 0.300 e. The summed E-state index contributed by atoms with van der Waals surface area (Å²) in [6.07, 6.45) is 2.63. The first kappa shape index (κ1) is 11.5. The van der Waals surface area contributed by atoms with Crippen molar-refractivity contribution in [3.63, 3.8) is 0 Å². The van der Waals surface area contributed by atoms with Gasteiger partial charge in [-0.15, -0.1) is 5.01 Å². The van der Waals surface area contributed by atoms with Crippen LogP contribution in [0.3, 0.4) is 0 Å². The zero-order chi connectivity index (χ0) is 12.5. The molecule has 1 aliphatic rings. The van der Waals surface area contributed by atoms with E-state index in [0.717, 1.165) is 5.56 Å². The second-order valence-electron chi connectivity index (χ2n) is 4.59. The molecule has 88 valence electrons. The van der Waals surface area contributed by atoms with Gasteiger partial charge in [0.15, 0.2) is 0 Å². The molecule has 0 N–H and O–H groups in total. The molecular weight excluding hydrogens is 216 g/mol. The highest BCUT2D eigenvalue weighted by Crippen LogP contribution is 2.17. The molecule has 2 rings (SSSR count). The molecule has 1 heterocycles. The second-order valence-corrected chi connectivity index (χ2v) is 4.59. The second kappa shape index (κ2) is 4.14. The zero-order valence-corrected chi connectivity index (χ0v) is 9.96. The number of rotatable bonds is 3. The van der Waals surface area contributed by atoms with E-state index in [1.807, 2.05) is 44.4 Å². The van der Waals surface area contributed by atoms with Gasteiger partial charge >= 0.3 is 0 Å². The van der Waals surface area contributed by atoms with Crippen molar-refractivity contribution in [3.8, 4) is 0 Å². The highest BCUT2D eigenvalue weighted by molar-refractivity contribution is 6.11. The van der Waals surface area contributed by atoms with Gasteiger partial charge in [-0.05, 0) is 0 Å². The number of amides is 2. The lowest BCUT2D eigenvalue weighted by atomic mass is 10.2. The summed E-state index contributed by atoms with van der Waals surface area (Å²) in [5, 5.41) is 1.26. The Morgan fingerprint density at radius 3 is 2.06 bits per heavy atom. The number of benzene rings is 1. The lowest BCUT2D eigenvalue weighted by Crippen LogP contribution is -2.56. The maximum atomic E-state index is 11.6. The van der Waals surface area contributed by atoms with E-state index < -0.39 is 0 Å². The van der Waals surface area contributed by atoms with Crippen molar-refractivity contribution in [1.29, 1.82) is 0 Å². The predicted octanol–water partition coefficient (Wildman–Crippen LogP) is 1.10. The van der Waals surface area contributed by atoms with Crippen LogP contribution >= 0.6 is 0 Å². The number of carbonyl (C=O) groups is 2. The van der Waals surface area contributed by atoms with Crippen LogP contribution in [0, 0.1) is 0 Å². The number of imide groups is 1. The molecule has 2 amide bonds. The van der Waals surface area contributed by atoms with Crippen molar-refractivity contribution in [2.45, 2.75) is 6.54 Å². The number of nitrogens with zero attached hydrogens (tertiary/aromatic N) is 2. The Hall–Kier alpha value is -1.94. The normalized spacial score (nSPS) is 15.8. The van der Waals surface area contributed by atoms with Crippen LogP contribution in [0.25, 0.3) is 0 Å². The molecule has 0 aliphatic carbocycles. The monoisotopic (exact) mass is 231 g/mol. The smallest absolute Gasteiger partial charge is 0.264 e. The highest BCUT2D eigenvalue weighted by atomic mass is 16.2. The standard InChI is InChI=1S/C13H15N2O2/c1-15(2,10-11-6-4-3-5-7-11)14-12(16)8-9-13(14)17/h3-9H,10H2,1-2H3/q+1. The molecular formula is C13H15N2O2+. The fourth-order valence-electron chi connectivity index (χ4n) is 2.03. The number of hydrogen-bond acceptors (Lipinski definition) is 2. The van der Waals surface area contributed by atoms with Crippen molar-refractivity contribution in [3.05, 3.63) is 48.0 Å². The summed E-state index contributed by atoms with van der Waals surface area (Å²) in [6, 6.07) is 9.80. The van der Waals surface area contributed by atoms with Crippen molar-refractivity contribution < 1.29 is 14.2 Å². The van der Waals surface area contributed by atoms with Crippen molar-refractivity contribution in [2.75, 3.05) is 14.1 Å². The molecule has 4 nitrogen and oxygen atoms in total. The van der Waals surface area contributed by atoms with E-state index in [1.165, 1.54) is 17.2 Å². The van der Waals surface area contributed by atoms with Crippen LogP contribution in [-0.2, 0) is 16.1 Å². The molecule has 1 aromatic carbocycles. The Kier molecular flexibility index (Phi) is 2.81. The molecule has 0 bridgehead atoms. The average molecular weight is 231 g/mol. The van der Waals surface area contributed by atoms with Crippen LogP contribution in [0.15, 0.2) is 42.5 Å². The van der Waals surface area contributed by atoms with E-state index in [9.17, 15) is 9.59 Å². The molecule has 0 saturated heterocycles. The van der Waals surface area contributed by atoms with Gasteiger partial charge in [0, 0.05) is 17.7 Å². The fraction of sp³-hybridized carbons (Fsp3) is 0.231. The SMILES string of the molecule is C[N+](C)(Cc1ccccc1)N1C(=O)C=CC1=O. The van der Waals surface area contributed by atoms with Gasteiger partial charge < -0.3 is 0 Å². The molecule has 0 radical (unpaired) electrons. The topological polar surface area (TPSA) is 37.4 Å². The van der Waals surface area contributed by atoms with Gasteiger partial charge in [-0.1, -0.05) is 30.3 Å². The molecule has 4 heteroatoms. The zero-order valence-electron chi connectivity index (χ0n) is 9.96. The summed E-state index contributed by atoms with van der Waals surface area (Å²) >= 11 is 0. The van der Waals surface area contributed by atoms with Gasteiger partial charge in [0.2, 0.25) is 0 Å². The Labute approximate surface area is 100 Å². The van der Waals surface area contributed by atoms with Gasteiger partial charge in [-0.3, -0.25) is 9.59 Å². The minimum absolute atomic E-state index is 0.203. The minimum Gasteiger partial charge on any atom is -0.264 e. The third-order valence-electron chi connectivity index (χ3n) is 2.74. The Morgan fingerprint density at radius 2 is 1.53 bits per heavy atom. The van der Waals surface area contributed by atoms with Crippen molar-refractivity contribution >= 4 is 11.8 Å². The van der Waals surface area contributed by atoms with E-state index in [-0.39, 0.29) is 16.4 Å². The van der Waals surface area contributed by atoms with Crippen LogP contribution < -0.4 is 0 Å². The lowest BCUT2D eigenvalue weighted by molar-refractivity contribution is -0.989. The Morgan fingerprint density at radius 1 is 1.00 bits per heavy atom. The number of hydrogen-bond donors (Lipinski definition) is 0. The predicted molar refractivity (Wildman–Crippen MR) is 63.2 cm³/mol. The molecule has 0 unspecified atom stereocenters. The van der Waals surface area contributed by atoms with Crippen LogP contribution in [0.4, 0.5) is 0 Å². The first-order valence-corrected chi connectivity index (χ1v) is 5.44. The summed E-state index contributed by atoms with van der Waals surface area (Å²) < 4.78 is 0.203. The third-order valence-corrected chi connectivity index (χ3v) is 2.74. The van der Waals surface area contributed by atoms with Crippen LogP contribution in [0.2, 0.25) is 0 Å². The first-order valence-electron chi connectivity index (χ1n) is 5.44. The van der Waals surface area contributed by atoms with E-state index in [2.05, 4.69) is 0 Å². The van der Waals surface area contributed by atoms with Crippen LogP contribution in [-0.4, -0.2) is 35.5 Å². The van der Waals surface area contributed by atoms with E-state index in [1.54, 1.807) is 0 Å². The minimum atomic E-state index is -0.254. The van der Waals surface area contributed by atoms with Crippen molar-refractivity contribution in [2.24, 2.45) is 0 Å². The van der Waals surface area contributed by atoms with E-state index >= 15 is 0 Å². The Balaban J connectivity index is 2.20. The summed E-state index contributed by atoms with van der Waals surface area (Å²) in [5.41, 5.74) is 1.09. The molecule has 17 heavy (non-hydrogen) atoms. The molecule has 0 atom stereocenters.